The monoisotopic (exact) mass is 309 g/mol. The number of esters is 1. The summed E-state index contributed by atoms with van der Waals surface area (Å²) in [6.45, 7) is 3.81. The summed E-state index contributed by atoms with van der Waals surface area (Å²) in [5, 5.41) is 1.01. The Bertz CT molecular complexity index is 615. The Morgan fingerprint density at radius 3 is 2.86 bits per heavy atom. The summed E-state index contributed by atoms with van der Waals surface area (Å²) in [5.41, 5.74) is 0. The van der Waals surface area contributed by atoms with Crippen LogP contribution in [0, 0.1) is 6.92 Å². The quantitative estimate of drug-likeness (QED) is 0.729. The van der Waals surface area contributed by atoms with Gasteiger partial charge in [0, 0.05) is 25.1 Å². The minimum absolute atomic E-state index is 0.232. The van der Waals surface area contributed by atoms with E-state index < -0.39 is 0 Å². The minimum atomic E-state index is -0.232. The summed E-state index contributed by atoms with van der Waals surface area (Å²) in [6.07, 6.45) is 1.88. The average molecular weight is 309 g/mol. The first-order valence-corrected chi connectivity index (χ1v) is 7.49. The van der Waals surface area contributed by atoms with Gasteiger partial charge in [0.05, 0.1) is 25.5 Å². The summed E-state index contributed by atoms with van der Waals surface area (Å²) >= 11 is 1.64. The van der Waals surface area contributed by atoms with Crippen LogP contribution in [0.5, 0.6) is 0 Å². The molecule has 2 heterocycles. The van der Waals surface area contributed by atoms with Gasteiger partial charge < -0.3 is 14.4 Å². The maximum atomic E-state index is 11.4. The van der Waals surface area contributed by atoms with E-state index in [0.29, 0.717) is 26.1 Å². The molecular formula is C14H19N3O3S. The number of carbonyl (C=O) groups excluding carboxylic acids is 1. The van der Waals surface area contributed by atoms with Crippen LogP contribution in [0.25, 0.3) is 10.2 Å². The molecule has 0 radical (unpaired) electrons. The molecule has 21 heavy (non-hydrogen) atoms. The summed E-state index contributed by atoms with van der Waals surface area (Å²) in [5.74, 6) is 0.606. The topological polar surface area (TPSA) is 64.5 Å². The molecule has 0 atom stereocenters. The predicted molar refractivity (Wildman–Crippen MR) is 82.9 cm³/mol. The zero-order chi connectivity index (χ0) is 15.2. The molecule has 0 saturated heterocycles. The molecule has 0 bridgehead atoms. The molecule has 0 aliphatic heterocycles. The van der Waals surface area contributed by atoms with Gasteiger partial charge in [-0.2, -0.15) is 0 Å². The minimum Gasteiger partial charge on any atom is -0.469 e. The highest BCUT2D eigenvalue weighted by Crippen LogP contribution is 2.29. The number of anilines is 1. The second kappa shape index (κ2) is 7.33. The molecule has 0 saturated carbocycles. The molecule has 0 spiro atoms. The highest BCUT2D eigenvalue weighted by atomic mass is 32.1. The molecule has 0 aromatic carbocycles. The van der Waals surface area contributed by atoms with Crippen molar-refractivity contribution >= 4 is 33.3 Å². The van der Waals surface area contributed by atoms with Crippen molar-refractivity contribution < 1.29 is 14.3 Å². The molecule has 2 aromatic heterocycles. The molecule has 114 valence electrons. The third-order valence-corrected chi connectivity index (χ3v) is 4.07. The summed E-state index contributed by atoms with van der Waals surface area (Å²) in [7, 11) is 3.05. The number of hydrogen-bond acceptors (Lipinski definition) is 7. The molecule has 0 fully saturated rings. The number of rotatable bonds is 7. The summed E-state index contributed by atoms with van der Waals surface area (Å²) in [4.78, 5) is 24.2. The number of carbonyl (C=O) groups is 1. The molecule has 0 unspecified atom stereocenters. The maximum Gasteiger partial charge on any atom is 0.307 e. The van der Waals surface area contributed by atoms with Crippen LogP contribution in [0.1, 0.15) is 11.3 Å². The highest BCUT2D eigenvalue weighted by Gasteiger charge is 2.15. The molecule has 0 aliphatic carbocycles. The summed E-state index contributed by atoms with van der Waals surface area (Å²) in [6, 6.07) is 2.08. The molecule has 2 rings (SSSR count). The molecule has 0 N–H and O–H groups in total. The van der Waals surface area contributed by atoms with Crippen molar-refractivity contribution in [1.82, 2.24) is 9.97 Å². The van der Waals surface area contributed by atoms with Crippen LogP contribution in [-0.2, 0) is 14.3 Å². The average Bonchev–Trinajstić information content (AvgIpc) is 2.87. The van der Waals surface area contributed by atoms with Crippen LogP contribution < -0.4 is 4.90 Å². The van der Waals surface area contributed by atoms with Gasteiger partial charge in [0.1, 0.15) is 17.0 Å². The fourth-order valence-electron chi connectivity index (χ4n) is 2.07. The van der Waals surface area contributed by atoms with E-state index in [1.165, 1.54) is 12.0 Å². The van der Waals surface area contributed by atoms with Crippen LogP contribution in [0.15, 0.2) is 12.4 Å². The fourth-order valence-corrected chi connectivity index (χ4v) is 2.91. The second-order valence-corrected chi connectivity index (χ2v) is 5.81. The van der Waals surface area contributed by atoms with Crippen molar-refractivity contribution in [2.24, 2.45) is 0 Å². The van der Waals surface area contributed by atoms with E-state index in [2.05, 4.69) is 16.0 Å². The highest BCUT2D eigenvalue weighted by molar-refractivity contribution is 7.18. The first-order chi connectivity index (χ1) is 10.2. The van der Waals surface area contributed by atoms with Gasteiger partial charge in [0.2, 0.25) is 0 Å². The summed E-state index contributed by atoms with van der Waals surface area (Å²) < 4.78 is 9.85. The zero-order valence-electron chi connectivity index (χ0n) is 12.5. The van der Waals surface area contributed by atoms with Gasteiger partial charge in [-0.05, 0) is 13.0 Å². The SMILES string of the molecule is COCCN(CCC(=O)OC)c1ncnc2sc(C)cc12. The lowest BCUT2D eigenvalue weighted by Crippen LogP contribution is -2.30. The van der Waals surface area contributed by atoms with Gasteiger partial charge in [-0.15, -0.1) is 11.3 Å². The van der Waals surface area contributed by atoms with Crippen molar-refractivity contribution in [3.05, 3.63) is 17.3 Å². The third kappa shape index (κ3) is 3.89. The van der Waals surface area contributed by atoms with Gasteiger partial charge in [-0.1, -0.05) is 0 Å². The van der Waals surface area contributed by atoms with E-state index in [4.69, 9.17) is 9.47 Å². The second-order valence-electron chi connectivity index (χ2n) is 4.58. The lowest BCUT2D eigenvalue weighted by Gasteiger charge is -2.23. The predicted octanol–water partition coefficient (Wildman–Crippen LogP) is 2.02. The molecule has 6 nitrogen and oxygen atoms in total. The van der Waals surface area contributed by atoms with Crippen molar-refractivity contribution in [3.63, 3.8) is 0 Å². The van der Waals surface area contributed by atoms with Crippen LogP contribution >= 0.6 is 11.3 Å². The Labute approximate surface area is 127 Å². The number of aromatic nitrogens is 2. The lowest BCUT2D eigenvalue weighted by atomic mass is 10.3. The number of methoxy groups -OCH3 is 2. The third-order valence-electron chi connectivity index (χ3n) is 3.11. The number of aryl methyl sites for hydroxylation is 1. The van der Waals surface area contributed by atoms with Crippen LogP contribution in [-0.4, -0.2) is 49.9 Å². The van der Waals surface area contributed by atoms with Gasteiger partial charge in [-0.25, -0.2) is 9.97 Å². The number of hydrogen-bond donors (Lipinski definition) is 0. The first-order valence-electron chi connectivity index (χ1n) is 6.67. The van der Waals surface area contributed by atoms with Crippen molar-refractivity contribution in [2.75, 3.05) is 38.8 Å². The maximum absolute atomic E-state index is 11.4. The lowest BCUT2D eigenvalue weighted by molar-refractivity contribution is -0.140. The van der Waals surface area contributed by atoms with Crippen LogP contribution in [0.2, 0.25) is 0 Å². The van der Waals surface area contributed by atoms with Gasteiger partial charge in [0.25, 0.3) is 0 Å². The van der Waals surface area contributed by atoms with Crippen LogP contribution in [0.3, 0.4) is 0 Å². The normalized spacial score (nSPS) is 10.8. The molecule has 7 heteroatoms. The smallest absolute Gasteiger partial charge is 0.307 e. The number of nitrogens with zero attached hydrogens (tertiary/aromatic N) is 3. The van der Waals surface area contributed by atoms with Crippen molar-refractivity contribution in [3.8, 4) is 0 Å². The Morgan fingerprint density at radius 1 is 1.33 bits per heavy atom. The van der Waals surface area contributed by atoms with Gasteiger partial charge >= 0.3 is 5.97 Å². The van der Waals surface area contributed by atoms with E-state index in [0.717, 1.165) is 16.0 Å². The Morgan fingerprint density at radius 2 is 2.14 bits per heavy atom. The van der Waals surface area contributed by atoms with E-state index >= 15 is 0 Å². The molecule has 0 amide bonds. The number of thiophene rings is 1. The molecular weight excluding hydrogens is 290 g/mol. The van der Waals surface area contributed by atoms with Crippen molar-refractivity contribution in [1.29, 1.82) is 0 Å². The zero-order valence-corrected chi connectivity index (χ0v) is 13.3. The number of ether oxygens (including phenoxy) is 2. The van der Waals surface area contributed by atoms with E-state index in [-0.39, 0.29) is 5.97 Å². The van der Waals surface area contributed by atoms with E-state index in [1.54, 1.807) is 24.8 Å². The standard InChI is InChI=1S/C14H19N3O3S/c1-10-8-11-13(15-9-16-14(11)21-10)17(6-7-19-2)5-4-12(18)20-3/h8-9H,4-7H2,1-3H3. The largest absolute Gasteiger partial charge is 0.469 e. The van der Waals surface area contributed by atoms with E-state index in [1.807, 2.05) is 11.8 Å². The Hall–Kier alpha value is -1.73. The van der Waals surface area contributed by atoms with Gasteiger partial charge in [-0.3, -0.25) is 4.79 Å². The fraction of sp³-hybridized carbons (Fsp3) is 0.500. The first kappa shape index (κ1) is 15.7. The van der Waals surface area contributed by atoms with Crippen molar-refractivity contribution in [2.45, 2.75) is 13.3 Å². The number of fused-ring (bicyclic) bond motifs is 1. The Kier molecular flexibility index (Phi) is 5.46. The Balaban J connectivity index is 2.26. The van der Waals surface area contributed by atoms with E-state index in [9.17, 15) is 4.79 Å². The van der Waals surface area contributed by atoms with Crippen LogP contribution in [0.4, 0.5) is 5.82 Å². The molecule has 0 aliphatic rings. The molecule has 2 aromatic rings. The van der Waals surface area contributed by atoms with Gasteiger partial charge in [0.15, 0.2) is 0 Å².